The summed E-state index contributed by atoms with van der Waals surface area (Å²) in [4.78, 5) is 16.8. The highest BCUT2D eigenvalue weighted by Gasteiger charge is 2.15. The number of nitrogens with zero attached hydrogens (tertiary/aromatic N) is 2. The van der Waals surface area contributed by atoms with Crippen molar-refractivity contribution in [1.82, 2.24) is 9.79 Å². The number of carbonyl (C=O) groups is 1. The highest BCUT2D eigenvalue weighted by atomic mass is 16.5. The summed E-state index contributed by atoms with van der Waals surface area (Å²) in [6, 6.07) is 2.07. The summed E-state index contributed by atoms with van der Waals surface area (Å²) in [5.41, 5.74) is 3.32. The van der Waals surface area contributed by atoms with Gasteiger partial charge in [-0.1, -0.05) is 6.08 Å². The number of aryl methyl sites for hydroxylation is 1. The van der Waals surface area contributed by atoms with E-state index in [0.29, 0.717) is 5.88 Å². The monoisotopic (exact) mass is 243 g/mol. The number of methoxy groups -OCH3 is 1. The number of rotatable bonds is 4. The smallest absolute Gasteiger partial charge is 0.293 e. The van der Waals surface area contributed by atoms with Crippen LogP contribution in [0.3, 0.4) is 0 Å². The average molecular weight is 243 g/mol. The molecule has 1 aromatic heterocycles. The minimum Gasteiger partial charge on any atom is -0.481 e. The van der Waals surface area contributed by atoms with E-state index >= 15 is 0 Å². The second kappa shape index (κ2) is 5.82. The van der Waals surface area contributed by atoms with Gasteiger partial charge in [0, 0.05) is 18.3 Å². The van der Waals surface area contributed by atoms with Gasteiger partial charge in [-0.3, -0.25) is 0 Å². The summed E-state index contributed by atoms with van der Waals surface area (Å²) >= 11 is 0. The topological polar surface area (TPSA) is 42.4 Å². The average Bonchev–Trinajstić information content (AvgIpc) is 2.39. The van der Waals surface area contributed by atoms with E-state index in [1.165, 1.54) is 5.57 Å². The van der Waals surface area contributed by atoms with Gasteiger partial charge in [0.15, 0.2) is 0 Å². The van der Waals surface area contributed by atoms with Crippen LogP contribution >= 0.6 is 0 Å². The summed E-state index contributed by atoms with van der Waals surface area (Å²) in [7, 11) is 3.21. The Morgan fingerprint density at radius 3 is 3.06 bits per heavy atom. The molecular weight excluding hydrogens is 227 g/mol. The van der Waals surface area contributed by atoms with Crippen molar-refractivity contribution in [3.63, 3.8) is 0 Å². The molecule has 0 saturated carbocycles. The molecule has 0 atom stereocenters. The summed E-state index contributed by atoms with van der Waals surface area (Å²) in [6.45, 7) is 3.63. The van der Waals surface area contributed by atoms with Crippen molar-refractivity contribution in [2.24, 2.45) is 0 Å². The predicted octanol–water partition coefficient (Wildman–Crippen LogP) is 1.30. The Morgan fingerprint density at radius 1 is 1.56 bits per heavy atom. The number of aromatic nitrogens is 1. The standard InChI is InChI=1S/C13H16BN2O2/c1-10-6-12(7-15-13(10)18-2)11-4-3-5-16(8-11)14-9-17/h4,6-7,9H,3,5,8H2,1-2H3. The lowest BCUT2D eigenvalue weighted by Gasteiger charge is -2.25. The first-order valence-corrected chi connectivity index (χ1v) is 5.97. The zero-order valence-electron chi connectivity index (χ0n) is 10.7. The second-order valence-electron chi connectivity index (χ2n) is 4.32. The summed E-state index contributed by atoms with van der Waals surface area (Å²) in [6.07, 6.45) is 5.81. The number of hydrogen-bond donors (Lipinski definition) is 0. The van der Waals surface area contributed by atoms with Gasteiger partial charge in [-0.15, -0.1) is 0 Å². The summed E-state index contributed by atoms with van der Waals surface area (Å²) < 4.78 is 5.15. The first kappa shape index (κ1) is 12.8. The molecule has 2 rings (SSSR count). The molecule has 93 valence electrons. The van der Waals surface area contributed by atoms with Gasteiger partial charge in [0.25, 0.3) is 7.41 Å². The molecule has 4 nitrogen and oxygen atoms in total. The van der Waals surface area contributed by atoms with Gasteiger partial charge >= 0.3 is 0 Å². The first-order valence-electron chi connectivity index (χ1n) is 5.97. The molecule has 0 unspecified atom stereocenters. The Labute approximate surface area is 108 Å². The molecule has 0 amide bonds. The quantitative estimate of drug-likeness (QED) is 0.590. The van der Waals surface area contributed by atoms with Crippen molar-refractivity contribution in [2.75, 3.05) is 20.2 Å². The molecule has 1 aromatic rings. The Balaban J connectivity index is 2.18. The molecule has 0 bridgehead atoms. The lowest BCUT2D eigenvalue weighted by Crippen LogP contribution is -2.33. The van der Waals surface area contributed by atoms with Crippen LogP contribution in [0.4, 0.5) is 0 Å². The van der Waals surface area contributed by atoms with Crippen LogP contribution in [0.25, 0.3) is 5.57 Å². The van der Waals surface area contributed by atoms with Gasteiger partial charge in [-0.05, 0) is 37.1 Å². The van der Waals surface area contributed by atoms with Crippen LogP contribution in [-0.2, 0) is 4.79 Å². The van der Waals surface area contributed by atoms with E-state index < -0.39 is 0 Å². The van der Waals surface area contributed by atoms with Crippen molar-refractivity contribution in [2.45, 2.75) is 13.3 Å². The van der Waals surface area contributed by atoms with Gasteiger partial charge in [-0.25, -0.2) is 4.98 Å². The highest BCUT2D eigenvalue weighted by Crippen LogP contribution is 2.23. The van der Waals surface area contributed by atoms with E-state index in [-0.39, 0.29) is 0 Å². The van der Waals surface area contributed by atoms with Gasteiger partial charge in [-0.2, -0.15) is 0 Å². The molecule has 2 heterocycles. The fourth-order valence-corrected chi connectivity index (χ4v) is 2.14. The molecule has 5 heteroatoms. The normalized spacial score (nSPS) is 16.0. The van der Waals surface area contributed by atoms with Gasteiger partial charge in [0.1, 0.15) is 0 Å². The molecule has 0 spiro atoms. The first-order chi connectivity index (χ1) is 8.74. The van der Waals surface area contributed by atoms with Crippen LogP contribution in [0.5, 0.6) is 5.88 Å². The molecule has 0 aromatic carbocycles. The number of pyridine rings is 1. The maximum atomic E-state index is 10.5. The van der Waals surface area contributed by atoms with E-state index in [0.717, 1.165) is 36.8 Å². The molecule has 1 aliphatic heterocycles. The highest BCUT2D eigenvalue weighted by molar-refractivity contribution is 6.64. The fraction of sp³-hybridized carbons (Fsp3) is 0.385. The van der Waals surface area contributed by atoms with Crippen molar-refractivity contribution in [1.29, 1.82) is 0 Å². The van der Waals surface area contributed by atoms with Gasteiger partial charge < -0.3 is 14.3 Å². The minimum absolute atomic E-state index is 0.659. The predicted molar refractivity (Wildman–Crippen MR) is 72.2 cm³/mol. The van der Waals surface area contributed by atoms with Crippen LogP contribution in [0, 0.1) is 6.92 Å². The zero-order valence-corrected chi connectivity index (χ0v) is 10.7. The molecular formula is C13H16BN2O2. The van der Waals surface area contributed by atoms with Gasteiger partial charge in [0.05, 0.1) is 13.3 Å². The number of hydrogen-bond acceptors (Lipinski definition) is 4. The van der Waals surface area contributed by atoms with Crippen LogP contribution in [0.15, 0.2) is 18.3 Å². The van der Waals surface area contributed by atoms with E-state index in [2.05, 4.69) is 17.1 Å². The number of carbonyl (C=O) groups excluding carboxylic acids is 1. The third kappa shape index (κ3) is 2.79. The minimum atomic E-state index is 0.659. The van der Waals surface area contributed by atoms with Crippen LogP contribution in [0.2, 0.25) is 0 Å². The number of ether oxygens (including phenoxy) is 1. The van der Waals surface area contributed by atoms with E-state index in [1.807, 2.05) is 17.9 Å². The third-order valence-electron chi connectivity index (χ3n) is 3.05. The summed E-state index contributed by atoms with van der Waals surface area (Å²) in [5, 5.41) is 0. The summed E-state index contributed by atoms with van der Waals surface area (Å²) in [5.74, 6) is 0.659. The van der Waals surface area contributed by atoms with Crippen LogP contribution in [-0.4, -0.2) is 43.6 Å². The van der Waals surface area contributed by atoms with Crippen molar-refractivity contribution in [3.8, 4) is 5.88 Å². The Hall–Kier alpha value is -1.62. The second-order valence-corrected chi connectivity index (χ2v) is 4.32. The SMILES string of the molecule is COc1ncc(C2=CCCN([B]C=O)C2)cc1C. The maximum absolute atomic E-state index is 10.5. The van der Waals surface area contributed by atoms with Crippen LogP contribution < -0.4 is 4.74 Å². The molecule has 1 radical (unpaired) electrons. The van der Waals surface area contributed by atoms with Crippen LogP contribution in [0.1, 0.15) is 17.5 Å². The molecule has 1 aliphatic rings. The molecule has 0 fully saturated rings. The molecule has 0 N–H and O–H groups in total. The molecule has 0 saturated heterocycles. The van der Waals surface area contributed by atoms with E-state index in [1.54, 1.807) is 14.5 Å². The van der Waals surface area contributed by atoms with E-state index in [9.17, 15) is 4.79 Å². The third-order valence-corrected chi connectivity index (χ3v) is 3.05. The maximum Gasteiger partial charge on any atom is 0.293 e. The van der Waals surface area contributed by atoms with Crippen molar-refractivity contribution < 1.29 is 9.53 Å². The van der Waals surface area contributed by atoms with Crippen molar-refractivity contribution >= 4 is 19.2 Å². The molecule has 0 aliphatic carbocycles. The Morgan fingerprint density at radius 2 is 2.39 bits per heavy atom. The van der Waals surface area contributed by atoms with Crippen molar-refractivity contribution in [3.05, 3.63) is 29.5 Å². The Kier molecular flexibility index (Phi) is 4.15. The lowest BCUT2D eigenvalue weighted by atomic mass is 9.89. The largest absolute Gasteiger partial charge is 0.481 e. The fourth-order valence-electron chi connectivity index (χ4n) is 2.14. The van der Waals surface area contributed by atoms with Gasteiger partial charge in [0.2, 0.25) is 5.88 Å². The molecule has 18 heavy (non-hydrogen) atoms. The zero-order chi connectivity index (χ0) is 13.0. The Bertz CT molecular complexity index is 474. The lowest BCUT2D eigenvalue weighted by molar-refractivity contribution is 0.394. The van der Waals surface area contributed by atoms with E-state index in [4.69, 9.17) is 4.74 Å².